The van der Waals surface area contributed by atoms with Crippen LogP contribution in [0.3, 0.4) is 0 Å². The predicted octanol–water partition coefficient (Wildman–Crippen LogP) is 2.21. The van der Waals surface area contributed by atoms with Crippen LogP contribution in [0.4, 0.5) is 0 Å². The number of hydrogen-bond donors (Lipinski definition) is 3. The first kappa shape index (κ1) is 18.3. The van der Waals surface area contributed by atoms with E-state index >= 15 is 0 Å². The van der Waals surface area contributed by atoms with Gasteiger partial charge < -0.3 is 16.2 Å². The summed E-state index contributed by atoms with van der Waals surface area (Å²) < 4.78 is 0. The van der Waals surface area contributed by atoms with E-state index in [1.54, 1.807) is 0 Å². The van der Waals surface area contributed by atoms with Crippen LogP contribution in [0.15, 0.2) is 24.3 Å². The standard InChI is InChI=1S/C17H26BClN2O2/c18-8-2-1-7-17(20,16(22)23)13-9-15(10-13)21-11-12-3-5-14(19)6-4-12/h3-6,13,15,21H,1-2,7-11,18,20H2,(H,22,23)/t13-,15+,17?. The number of hydrogen-bond acceptors (Lipinski definition) is 3. The second-order valence-corrected chi connectivity index (χ2v) is 7.11. The van der Waals surface area contributed by atoms with Gasteiger partial charge in [-0.05, 0) is 42.9 Å². The van der Waals surface area contributed by atoms with E-state index in [1.807, 2.05) is 24.3 Å². The molecule has 0 aliphatic heterocycles. The lowest BCUT2D eigenvalue weighted by atomic mass is 9.66. The first-order valence-electron chi connectivity index (χ1n) is 8.45. The Morgan fingerprint density at radius 3 is 2.57 bits per heavy atom. The van der Waals surface area contributed by atoms with Crippen molar-refractivity contribution in [2.24, 2.45) is 11.7 Å². The minimum absolute atomic E-state index is 0.0690. The van der Waals surface area contributed by atoms with Crippen molar-refractivity contribution in [1.82, 2.24) is 5.32 Å². The van der Waals surface area contributed by atoms with Crippen LogP contribution in [-0.2, 0) is 11.3 Å². The number of rotatable bonds is 9. The minimum atomic E-state index is -1.06. The molecule has 0 radical (unpaired) electrons. The van der Waals surface area contributed by atoms with Gasteiger partial charge in [0.2, 0.25) is 0 Å². The second-order valence-electron chi connectivity index (χ2n) is 6.68. The molecule has 1 aliphatic rings. The maximum Gasteiger partial charge on any atom is 0.323 e. The molecule has 1 saturated carbocycles. The average Bonchev–Trinajstić information content (AvgIpc) is 2.47. The third-order valence-corrected chi connectivity index (χ3v) is 5.22. The summed E-state index contributed by atoms with van der Waals surface area (Å²) in [6.45, 7) is 0.773. The molecule has 2 rings (SSSR count). The Balaban J connectivity index is 1.79. The number of carboxylic acid groups (broad SMARTS) is 1. The Kier molecular flexibility index (Phi) is 6.51. The van der Waals surface area contributed by atoms with Gasteiger partial charge in [0, 0.05) is 17.6 Å². The van der Waals surface area contributed by atoms with E-state index in [-0.39, 0.29) is 5.92 Å². The van der Waals surface area contributed by atoms with Crippen LogP contribution in [0, 0.1) is 5.92 Å². The van der Waals surface area contributed by atoms with E-state index in [0.717, 1.165) is 43.6 Å². The van der Waals surface area contributed by atoms with Gasteiger partial charge in [0.15, 0.2) is 0 Å². The zero-order chi connectivity index (χ0) is 16.9. The van der Waals surface area contributed by atoms with Crippen molar-refractivity contribution in [3.05, 3.63) is 34.9 Å². The zero-order valence-electron chi connectivity index (χ0n) is 13.7. The molecule has 4 N–H and O–H groups in total. The molecule has 0 saturated heterocycles. The molecule has 6 heteroatoms. The largest absolute Gasteiger partial charge is 0.480 e. The third kappa shape index (κ3) is 4.72. The Morgan fingerprint density at radius 1 is 1.35 bits per heavy atom. The quantitative estimate of drug-likeness (QED) is 0.477. The molecule has 1 fully saturated rings. The van der Waals surface area contributed by atoms with Gasteiger partial charge in [-0.3, -0.25) is 4.79 Å². The van der Waals surface area contributed by atoms with Crippen LogP contribution < -0.4 is 11.1 Å². The molecule has 4 nitrogen and oxygen atoms in total. The lowest BCUT2D eigenvalue weighted by Gasteiger charge is -2.45. The maximum absolute atomic E-state index is 11.6. The molecule has 1 aliphatic carbocycles. The molecule has 126 valence electrons. The van der Waals surface area contributed by atoms with E-state index < -0.39 is 11.5 Å². The van der Waals surface area contributed by atoms with Gasteiger partial charge in [-0.15, -0.1) is 0 Å². The van der Waals surface area contributed by atoms with Crippen LogP contribution in [0.2, 0.25) is 11.3 Å². The number of benzene rings is 1. The van der Waals surface area contributed by atoms with Crippen molar-refractivity contribution in [2.45, 2.75) is 56.5 Å². The Labute approximate surface area is 144 Å². The highest BCUT2D eigenvalue weighted by atomic mass is 35.5. The topological polar surface area (TPSA) is 75.4 Å². The molecular weight excluding hydrogens is 310 g/mol. The fraction of sp³-hybridized carbons (Fsp3) is 0.588. The SMILES string of the molecule is BCCCCC(N)(C(=O)O)[C@H]1C[C@@H](NCc2ccc(Cl)cc2)C1. The van der Waals surface area contributed by atoms with Crippen molar-refractivity contribution in [3.63, 3.8) is 0 Å². The number of nitrogens with two attached hydrogens (primary N) is 1. The lowest BCUT2D eigenvalue weighted by molar-refractivity contribution is -0.148. The average molecular weight is 337 g/mol. The monoisotopic (exact) mass is 336 g/mol. The summed E-state index contributed by atoms with van der Waals surface area (Å²) in [5.74, 6) is -0.783. The number of nitrogens with one attached hydrogen (secondary N) is 1. The molecular formula is C17H26BClN2O2. The molecule has 0 spiro atoms. The Morgan fingerprint density at radius 2 is 2.00 bits per heavy atom. The Hall–Kier alpha value is -1.04. The normalized spacial score (nSPS) is 23.0. The minimum Gasteiger partial charge on any atom is -0.480 e. The molecule has 1 unspecified atom stereocenters. The summed E-state index contributed by atoms with van der Waals surface area (Å²) in [6.07, 6.45) is 5.25. The molecule has 0 heterocycles. The molecule has 1 aromatic rings. The van der Waals surface area contributed by atoms with Crippen molar-refractivity contribution in [3.8, 4) is 0 Å². The fourth-order valence-corrected chi connectivity index (χ4v) is 3.35. The summed E-state index contributed by atoms with van der Waals surface area (Å²) in [7, 11) is 2.11. The predicted molar refractivity (Wildman–Crippen MR) is 96.6 cm³/mol. The third-order valence-electron chi connectivity index (χ3n) is 4.97. The summed E-state index contributed by atoms with van der Waals surface area (Å²) >= 11 is 5.87. The summed E-state index contributed by atoms with van der Waals surface area (Å²) in [5.41, 5.74) is 6.35. The van der Waals surface area contributed by atoms with E-state index in [9.17, 15) is 9.90 Å². The number of carboxylic acids is 1. The van der Waals surface area contributed by atoms with Crippen LogP contribution in [-0.4, -0.2) is 30.5 Å². The fourth-order valence-electron chi connectivity index (χ4n) is 3.22. The highest BCUT2D eigenvalue weighted by molar-refractivity contribution is 6.30. The molecule has 1 aromatic carbocycles. The van der Waals surface area contributed by atoms with Gasteiger partial charge in [0.1, 0.15) is 13.4 Å². The van der Waals surface area contributed by atoms with E-state index in [0.29, 0.717) is 12.5 Å². The number of carbonyl (C=O) groups is 1. The zero-order valence-corrected chi connectivity index (χ0v) is 14.5. The Bertz CT molecular complexity index is 520. The lowest BCUT2D eigenvalue weighted by Crippen LogP contribution is -2.60. The molecule has 0 aromatic heterocycles. The van der Waals surface area contributed by atoms with E-state index in [4.69, 9.17) is 17.3 Å². The summed E-state index contributed by atoms with van der Waals surface area (Å²) in [6, 6.07) is 8.11. The van der Waals surface area contributed by atoms with Crippen LogP contribution in [0.5, 0.6) is 0 Å². The summed E-state index contributed by atoms with van der Waals surface area (Å²) in [4.78, 5) is 11.6. The molecule has 23 heavy (non-hydrogen) atoms. The van der Waals surface area contributed by atoms with Gasteiger partial charge in [-0.25, -0.2) is 0 Å². The van der Waals surface area contributed by atoms with E-state index in [1.165, 1.54) is 5.56 Å². The van der Waals surface area contributed by atoms with Gasteiger partial charge in [-0.2, -0.15) is 0 Å². The van der Waals surface area contributed by atoms with Gasteiger partial charge in [0.05, 0.1) is 0 Å². The highest BCUT2D eigenvalue weighted by Crippen LogP contribution is 2.38. The van der Waals surface area contributed by atoms with E-state index in [2.05, 4.69) is 13.2 Å². The van der Waals surface area contributed by atoms with Gasteiger partial charge in [0.25, 0.3) is 0 Å². The molecule has 1 atom stereocenters. The van der Waals surface area contributed by atoms with Gasteiger partial charge >= 0.3 is 5.97 Å². The van der Waals surface area contributed by atoms with Gasteiger partial charge in [-0.1, -0.05) is 42.9 Å². The van der Waals surface area contributed by atoms with Crippen molar-refractivity contribution in [2.75, 3.05) is 0 Å². The second kappa shape index (κ2) is 8.18. The highest BCUT2D eigenvalue weighted by Gasteiger charge is 2.47. The van der Waals surface area contributed by atoms with Crippen molar-refractivity contribution < 1.29 is 9.90 Å². The van der Waals surface area contributed by atoms with Crippen molar-refractivity contribution in [1.29, 1.82) is 0 Å². The van der Waals surface area contributed by atoms with Crippen LogP contribution in [0.1, 0.15) is 37.7 Å². The summed E-state index contributed by atoms with van der Waals surface area (Å²) in [5, 5.41) is 13.7. The molecule has 0 bridgehead atoms. The van der Waals surface area contributed by atoms with Crippen LogP contribution >= 0.6 is 11.6 Å². The molecule has 0 amide bonds. The first-order chi connectivity index (χ1) is 11.0. The number of halogens is 1. The number of aliphatic carboxylic acids is 1. The first-order valence-corrected chi connectivity index (χ1v) is 8.83. The van der Waals surface area contributed by atoms with Crippen molar-refractivity contribution >= 4 is 25.4 Å². The smallest absolute Gasteiger partial charge is 0.323 e. The maximum atomic E-state index is 11.6. The number of unbranched alkanes of at least 4 members (excludes halogenated alkanes) is 1. The van der Waals surface area contributed by atoms with Crippen LogP contribution in [0.25, 0.3) is 0 Å².